The number of halogens is 4. The van der Waals surface area contributed by atoms with Crippen LogP contribution < -0.4 is 9.50 Å². The second-order valence-electron chi connectivity index (χ2n) is 7.56. The molecule has 0 radical (unpaired) electrons. The number of anilines is 1. The number of rotatable bonds is 9. The summed E-state index contributed by atoms with van der Waals surface area (Å²) < 4.78 is 73.8. The summed E-state index contributed by atoms with van der Waals surface area (Å²) in [5.41, 5.74) is 0.0596. The largest absolute Gasteiger partial charge is 0.416 e. The summed E-state index contributed by atoms with van der Waals surface area (Å²) in [7, 11) is -2.99. The Labute approximate surface area is 211 Å². The molecule has 7 nitrogen and oxygen atoms in total. The Balaban J connectivity index is 1.71. The predicted molar refractivity (Wildman–Crippen MR) is 128 cm³/mol. The summed E-state index contributed by atoms with van der Waals surface area (Å²) in [4.78, 5) is 13.6. The minimum absolute atomic E-state index is 0.0945. The van der Waals surface area contributed by atoms with Gasteiger partial charge in [-0.15, -0.1) is 0 Å². The van der Waals surface area contributed by atoms with Crippen LogP contribution in [0.25, 0.3) is 0 Å². The third kappa shape index (κ3) is 7.61. The molecule has 0 unspecified atom stereocenters. The van der Waals surface area contributed by atoms with E-state index in [9.17, 15) is 26.4 Å². The lowest BCUT2D eigenvalue weighted by Crippen LogP contribution is -2.36. The first-order chi connectivity index (χ1) is 17.0. The van der Waals surface area contributed by atoms with Crippen LogP contribution in [0.5, 0.6) is 5.75 Å². The van der Waals surface area contributed by atoms with Gasteiger partial charge in [-0.1, -0.05) is 35.9 Å². The fourth-order valence-corrected chi connectivity index (χ4v) is 4.26. The molecular formula is C24H22ClF3N2O5S. The fraction of sp³-hybridized carbons (Fsp3) is 0.208. The second kappa shape index (κ2) is 11.6. The van der Waals surface area contributed by atoms with E-state index in [1.165, 1.54) is 24.1 Å². The van der Waals surface area contributed by atoms with Gasteiger partial charge in [-0.2, -0.15) is 21.6 Å². The first kappa shape index (κ1) is 27.3. The Morgan fingerprint density at radius 1 is 1.03 bits per heavy atom. The number of ether oxygens (including phenoxy) is 1. The molecule has 0 atom stereocenters. The molecule has 0 aromatic heterocycles. The molecule has 0 aliphatic carbocycles. The zero-order valence-corrected chi connectivity index (χ0v) is 20.5. The minimum atomic E-state index is -4.69. The summed E-state index contributed by atoms with van der Waals surface area (Å²) >= 11 is 5.96. The zero-order chi connectivity index (χ0) is 26.3. The van der Waals surface area contributed by atoms with Crippen LogP contribution in [-0.4, -0.2) is 39.6 Å². The molecule has 0 bridgehead atoms. The van der Waals surface area contributed by atoms with Gasteiger partial charge < -0.3 is 19.1 Å². The molecule has 3 aromatic rings. The molecule has 0 saturated heterocycles. The van der Waals surface area contributed by atoms with Gasteiger partial charge >= 0.3 is 22.3 Å². The van der Waals surface area contributed by atoms with E-state index < -0.39 is 32.8 Å². The lowest BCUT2D eigenvalue weighted by Gasteiger charge is -2.23. The Kier molecular flexibility index (Phi) is 8.83. The minimum Gasteiger partial charge on any atom is -0.383 e. The van der Waals surface area contributed by atoms with E-state index in [1.54, 1.807) is 36.4 Å². The van der Waals surface area contributed by atoms with E-state index in [-0.39, 0.29) is 25.4 Å². The number of alkyl halides is 3. The maximum absolute atomic E-state index is 12.9. The smallest absolute Gasteiger partial charge is 0.383 e. The number of methoxy groups -OCH3 is 1. The number of hydrogen-bond donors (Lipinski definition) is 1. The summed E-state index contributed by atoms with van der Waals surface area (Å²) in [6.45, 7) is 0.709. The van der Waals surface area contributed by atoms with Crippen LogP contribution in [0.2, 0.25) is 5.02 Å². The van der Waals surface area contributed by atoms with E-state index in [4.69, 9.17) is 20.5 Å². The van der Waals surface area contributed by atoms with Crippen molar-refractivity contribution in [2.45, 2.75) is 17.6 Å². The Hall–Kier alpha value is -3.28. The number of amides is 2. The number of nitrogens with zero attached hydrogens (tertiary/aromatic N) is 1. The van der Waals surface area contributed by atoms with Crippen molar-refractivity contribution < 1.29 is 35.3 Å². The molecule has 2 amide bonds. The Bertz CT molecular complexity index is 1300. The van der Waals surface area contributed by atoms with Crippen molar-refractivity contribution in [2.24, 2.45) is 0 Å². The van der Waals surface area contributed by atoms with E-state index >= 15 is 0 Å². The van der Waals surface area contributed by atoms with Gasteiger partial charge in [0.25, 0.3) is 0 Å². The third-order valence-electron chi connectivity index (χ3n) is 4.88. The number of carbonyl (C=O) groups is 1. The van der Waals surface area contributed by atoms with Crippen molar-refractivity contribution in [2.75, 3.05) is 25.6 Å². The topological polar surface area (TPSA) is 84.9 Å². The van der Waals surface area contributed by atoms with E-state index in [1.807, 2.05) is 0 Å². The standard InChI is InChI=1S/C24H22ClF3N2O5S/c1-34-13-12-30(23(31)29-20-6-3-5-19(25)15-20)16-17-8-10-21(11-9-17)35-36(32,33)22-7-2-4-18(14-22)24(26,27)28/h2-11,14-15H,12-13,16H2,1H3,(H,29,31). The molecule has 192 valence electrons. The molecule has 0 aliphatic rings. The number of nitrogens with one attached hydrogen (secondary N) is 1. The number of hydrogen-bond acceptors (Lipinski definition) is 5. The zero-order valence-electron chi connectivity index (χ0n) is 19.0. The average Bonchev–Trinajstić information content (AvgIpc) is 2.82. The van der Waals surface area contributed by atoms with Crippen LogP contribution in [0.15, 0.2) is 77.7 Å². The molecule has 12 heteroatoms. The van der Waals surface area contributed by atoms with Gasteiger partial charge in [0.05, 0.1) is 12.2 Å². The average molecular weight is 543 g/mol. The third-order valence-corrected chi connectivity index (χ3v) is 6.36. The Morgan fingerprint density at radius 2 is 1.72 bits per heavy atom. The van der Waals surface area contributed by atoms with Gasteiger partial charge in [0.2, 0.25) is 0 Å². The SMILES string of the molecule is COCCN(Cc1ccc(OS(=O)(=O)c2cccc(C(F)(F)F)c2)cc1)C(=O)Nc1cccc(Cl)c1. The predicted octanol–water partition coefficient (Wildman–Crippen LogP) is 5.81. The molecule has 36 heavy (non-hydrogen) atoms. The Morgan fingerprint density at radius 3 is 2.36 bits per heavy atom. The van der Waals surface area contributed by atoms with Gasteiger partial charge in [0.15, 0.2) is 0 Å². The molecule has 0 saturated carbocycles. The van der Waals surface area contributed by atoms with Gasteiger partial charge in [0.1, 0.15) is 10.6 Å². The van der Waals surface area contributed by atoms with Gasteiger partial charge in [0, 0.05) is 30.9 Å². The number of benzene rings is 3. The van der Waals surface area contributed by atoms with Gasteiger partial charge in [-0.3, -0.25) is 0 Å². The van der Waals surface area contributed by atoms with Crippen molar-refractivity contribution in [1.29, 1.82) is 0 Å². The van der Waals surface area contributed by atoms with Crippen LogP contribution in [0.4, 0.5) is 23.7 Å². The van der Waals surface area contributed by atoms with Crippen molar-refractivity contribution in [3.05, 3.63) is 88.9 Å². The van der Waals surface area contributed by atoms with Crippen LogP contribution >= 0.6 is 11.6 Å². The second-order valence-corrected chi connectivity index (χ2v) is 9.54. The van der Waals surface area contributed by atoms with Gasteiger partial charge in [-0.25, -0.2) is 4.79 Å². The van der Waals surface area contributed by atoms with Crippen molar-refractivity contribution in [3.63, 3.8) is 0 Å². The highest BCUT2D eigenvalue weighted by Crippen LogP contribution is 2.31. The highest BCUT2D eigenvalue weighted by atomic mass is 35.5. The first-order valence-electron chi connectivity index (χ1n) is 10.5. The normalized spacial score (nSPS) is 11.7. The maximum Gasteiger partial charge on any atom is 0.416 e. The molecule has 0 aliphatic heterocycles. The monoisotopic (exact) mass is 542 g/mol. The fourth-order valence-electron chi connectivity index (χ4n) is 3.10. The maximum atomic E-state index is 12.9. The molecular weight excluding hydrogens is 521 g/mol. The van der Waals surface area contributed by atoms with Crippen LogP contribution in [0.3, 0.4) is 0 Å². The van der Waals surface area contributed by atoms with Crippen molar-refractivity contribution >= 4 is 33.4 Å². The van der Waals surface area contributed by atoms with Crippen molar-refractivity contribution in [3.8, 4) is 5.75 Å². The highest BCUT2D eigenvalue weighted by Gasteiger charge is 2.32. The van der Waals surface area contributed by atoms with E-state index in [0.717, 1.165) is 18.2 Å². The molecule has 3 aromatic carbocycles. The highest BCUT2D eigenvalue weighted by molar-refractivity contribution is 7.87. The number of urea groups is 1. The lowest BCUT2D eigenvalue weighted by atomic mass is 10.2. The van der Waals surface area contributed by atoms with Crippen LogP contribution in [0.1, 0.15) is 11.1 Å². The summed E-state index contributed by atoms with van der Waals surface area (Å²) in [6, 6.07) is 15.3. The molecule has 0 heterocycles. The summed E-state index contributed by atoms with van der Waals surface area (Å²) in [5, 5.41) is 3.22. The van der Waals surface area contributed by atoms with Gasteiger partial charge in [-0.05, 0) is 54.1 Å². The molecule has 3 rings (SSSR count). The summed E-state index contributed by atoms with van der Waals surface area (Å²) in [5.74, 6) is -0.0945. The van der Waals surface area contributed by atoms with Crippen LogP contribution in [-0.2, 0) is 27.6 Å². The lowest BCUT2D eigenvalue weighted by molar-refractivity contribution is -0.137. The quantitative estimate of drug-likeness (QED) is 0.345. The number of carbonyl (C=O) groups excluding carboxylic acids is 1. The first-order valence-corrected chi connectivity index (χ1v) is 12.3. The van der Waals surface area contributed by atoms with Crippen LogP contribution in [0, 0.1) is 0 Å². The van der Waals surface area contributed by atoms with Crippen molar-refractivity contribution in [1.82, 2.24) is 4.90 Å². The summed E-state index contributed by atoms with van der Waals surface area (Å²) in [6.07, 6.45) is -4.69. The van der Waals surface area contributed by atoms with E-state index in [0.29, 0.717) is 22.3 Å². The molecule has 1 N–H and O–H groups in total. The molecule has 0 fully saturated rings. The molecule has 0 spiro atoms. The van der Waals surface area contributed by atoms with E-state index in [2.05, 4.69) is 5.32 Å².